The Bertz CT molecular complexity index is 2360. The molecule has 2 aliphatic rings. The van der Waals surface area contributed by atoms with Crippen molar-refractivity contribution < 1.29 is 41.7 Å². The van der Waals surface area contributed by atoms with Gasteiger partial charge >= 0.3 is 6.09 Å². The molecule has 318 valence electrons. The van der Waals surface area contributed by atoms with Crippen LogP contribution < -0.4 is 10.2 Å². The molecule has 1 amide bonds. The summed E-state index contributed by atoms with van der Waals surface area (Å²) in [6.07, 6.45) is 10.0. The topological polar surface area (TPSA) is 194 Å². The summed E-state index contributed by atoms with van der Waals surface area (Å²) in [5.41, 5.74) is 16.0. The van der Waals surface area contributed by atoms with Crippen molar-refractivity contribution in [2.75, 3.05) is 37.7 Å². The SMILES string of the molecule is CCN1C(=CC=CC=CC2=[N+](CC(=O)CCCC(N=[N+]=[N-])OCCOC(=O)NCCc3ccc(O)cc3)c3ccc(C)cc3C2(C)C)C(C)(C)c2cc(S(=O)(=O)O)ccc21. The number of carbonyl (C=O) groups is 2. The van der Waals surface area contributed by atoms with Gasteiger partial charge < -0.3 is 24.8 Å². The van der Waals surface area contributed by atoms with Gasteiger partial charge in [-0.25, -0.2) is 4.79 Å². The van der Waals surface area contributed by atoms with Crippen LogP contribution in [0.5, 0.6) is 5.75 Å². The number of alkyl carbamates (subject to hydrolysis) is 1. The Morgan fingerprint density at radius 1 is 1.00 bits per heavy atom. The minimum atomic E-state index is -4.35. The largest absolute Gasteiger partial charge is 0.508 e. The van der Waals surface area contributed by atoms with Gasteiger partial charge in [0.05, 0.1) is 16.9 Å². The molecule has 0 radical (unpaired) electrons. The van der Waals surface area contributed by atoms with E-state index in [2.05, 4.69) is 50.8 Å². The van der Waals surface area contributed by atoms with Crippen LogP contribution in [0.15, 0.2) is 107 Å². The van der Waals surface area contributed by atoms with Gasteiger partial charge in [0, 0.05) is 58.9 Å². The van der Waals surface area contributed by atoms with Crippen molar-refractivity contribution in [2.45, 2.75) is 89.2 Å². The van der Waals surface area contributed by atoms with Crippen LogP contribution >= 0.6 is 0 Å². The summed E-state index contributed by atoms with van der Waals surface area (Å²) in [7, 11) is -4.35. The van der Waals surface area contributed by atoms with Gasteiger partial charge in [0.1, 0.15) is 18.6 Å². The number of phenolic OH excluding ortho intramolecular Hbond substituents is 1. The van der Waals surface area contributed by atoms with E-state index < -0.39 is 33.3 Å². The lowest BCUT2D eigenvalue weighted by molar-refractivity contribution is -0.425. The van der Waals surface area contributed by atoms with E-state index in [1.54, 1.807) is 36.4 Å². The monoisotopic (exact) mass is 839 g/mol. The first-order valence-electron chi connectivity index (χ1n) is 20.0. The highest BCUT2D eigenvalue weighted by molar-refractivity contribution is 7.85. The van der Waals surface area contributed by atoms with Crippen molar-refractivity contribution in [2.24, 2.45) is 5.11 Å². The summed E-state index contributed by atoms with van der Waals surface area (Å²) >= 11 is 0. The summed E-state index contributed by atoms with van der Waals surface area (Å²) in [6.45, 7) is 13.6. The third-order valence-corrected chi connectivity index (χ3v) is 11.8. The number of aryl methyl sites for hydroxylation is 1. The lowest BCUT2D eigenvalue weighted by atomic mass is 9.81. The molecule has 14 nitrogen and oxygen atoms in total. The van der Waals surface area contributed by atoms with E-state index in [0.717, 1.165) is 45.0 Å². The lowest BCUT2D eigenvalue weighted by Gasteiger charge is -2.25. The molecule has 1 unspecified atom stereocenters. The third kappa shape index (κ3) is 10.9. The van der Waals surface area contributed by atoms with Gasteiger partial charge in [0.25, 0.3) is 10.1 Å². The number of rotatable bonds is 19. The highest BCUT2D eigenvalue weighted by atomic mass is 32.2. The summed E-state index contributed by atoms with van der Waals surface area (Å²) in [5.74, 6) is 0.185. The predicted octanol–water partition coefficient (Wildman–Crippen LogP) is 8.50. The van der Waals surface area contributed by atoms with Crippen molar-refractivity contribution in [3.8, 4) is 5.75 Å². The molecule has 0 aromatic heterocycles. The third-order valence-electron chi connectivity index (χ3n) is 10.9. The second-order valence-electron chi connectivity index (χ2n) is 15.9. The number of benzene rings is 3. The number of fused-ring (bicyclic) bond motifs is 2. The average molecular weight is 840 g/mol. The Balaban J connectivity index is 1.19. The molecule has 3 aromatic carbocycles. The minimum Gasteiger partial charge on any atom is -0.508 e. The molecule has 0 bridgehead atoms. The van der Waals surface area contributed by atoms with Crippen LogP contribution in [-0.4, -0.2) is 79.3 Å². The van der Waals surface area contributed by atoms with Crippen molar-refractivity contribution in [3.05, 3.63) is 129 Å². The number of carbonyl (C=O) groups excluding carboxylic acids is 2. The van der Waals surface area contributed by atoms with Crippen LogP contribution in [0.4, 0.5) is 16.2 Å². The van der Waals surface area contributed by atoms with E-state index >= 15 is 0 Å². The number of amides is 1. The maximum absolute atomic E-state index is 13.5. The Morgan fingerprint density at radius 3 is 2.45 bits per heavy atom. The van der Waals surface area contributed by atoms with Crippen molar-refractivity contribution >= 4 is 39.1 Å². The zero-order chi connectivity index (χ0) is 43.7. The summed E-state index contributed by atoms with van der Waals surface area (Å²) in [5, 5.41) is 15.8. The van der Waals surface area contributed by atoms with Crippen LogP contribution in [0.1, 0.15) is 76.1 Å². The molecular formula is C45H55N6O8S+. The van der Waals surface area contributed by atoms with Gasteiger partial charge in [0.15, 0.2) is 11.5 Å². The molecule has 0 spiro atoms. The molecule has 1 atom stereocenters. The number of allylic oxidation sites excluding steroid dienone is 6. The van der Waals surface area contributed by atoms with Crippen LogP contribution in [0.3, 0.4) is 0 Å². The predicted molar refractivity (Wildman–Crippen MR) is 232 cm³/mol. The zero-order valence-electron chi connectivity index (χ0n) is 35.1. The van der Waals surface area contributed by atoms with E-state index in [-0.39, 0.29) is 42.6 Å². The number of ether oxygens (including phenoxy) is 2. The lowest BCUT2D eigenvalue weighted by Crippen LogP contribution is -2.29. The molecule has 3 aromatic rings. The van der Waals surface area contributed by atoms with Gasteiger partial charge in [-0.2, -0.15) is 13.0 Å². The van der Waals surface area contributed by atoms with Crippen LogP contribution in [0.25, 0.3) is 10.4 Å². The van der Waals surface area contributed by atoms with Crippen LogP contribution in [0, 0.1) is 6.92 Å². The van der Waals surface area contributed by atoms with Gasteiger partial charge in [-0.3, -0.25) is 9.35 Å². The van der Waals surface area contributed by atoms with Gasteiger partial charge in [-0.05, 0) is 106 Å². The fourth-order valence-corrected chi connectivity index (χ4v) is 8.28. The average Bonchev–Trinajstić information content (AvgIpc) is 3.53. The van der Waals surface area contributed by atoms with Gasteiger partial charge in [-0.1, -0.05) is 61.0 Å². The molecule has 0 aliphatic carbocycles. The number of hydrogen-bond donors (Lipinski definition) is 3. The molecule has 15 heteroatoms. The molecule has 0 saturated carbocycles. The number of ketones is 1. The van der Waals surface area contributed by atoms with Crippen molar-refractivity contribution in [3.63, 3.8) is 0 Å². The Kier molecular flexibility index (Phi) is 14.8. The second kappa shape index (κ2) is 19.6. The van der Waals surface area contributed by atoms with Gasteiger partial charge in [0.2, 0.25) is 12.2 Å². The van der Waals surface area contributed by atoms with E-state index in [1.807, 2.05) is 64.1 Å². The number of anilines is 1. The Labute approximate surface area is 352 Å². The van der Waals surface area contributed by atoms with Crippen LogP contribution in [-0.2, 0) is 41.6 Å². The Morgan fingerprint density at radius 2 is 1.75 bits per heavy atom. The van der Waals surface area contributed by atoms with Gasteiger partial charge in [-0.15, -0.1) is 0 Å². The molecule has 5 rings (SSSR count). The summed E-state index contributed by atoms with van der Waals surface area (Å²) < 4.78 is 46.4. The molecular weight excluding hydrogens is 785 g/mol. The number of phenols is 1. The first-order chi connectivity index (χ1) is 28.5. The summed E-state index contributed by atoms with van der Waals surface area (Å²) in [6, 6.07) is 17.7. The first-order valence-corrected chi connectivity index (χ1v) is 21.5. The smallest absolute Gasteiger partial charge is 0.407 e. The molecule has 3 N–H and O–H groups in total. The quantitative estimate of drug-likeness (QED) is 0.0202. The van der Waals surface area contributed by atoms with E-state index in [4.69, 9.17) is 15.0 Å². The van der Waals surface area contributed by atoms with Crippen molar-refractivity contribution in [1.29, 1.82) is 0 Å². The zero-order valence-corrected chi connectivity index (χ0v) is 35.9. The standard InChI is InChI=1S/C45H54N6O8S/c1-7-50-38-23-21-35(60(55,56)57)29-37(38)45(5,6)40(50)13-9-8-10-14-41-44(3,4)36-28-31(2)16-22-39(36)51(41)30-34(53)12-11-15-42(48-49-46)58-26-27-59-43(54)47-25-24-32-17-19-33(52)20-18-32/h8-10,13-14,16-23,28-29,42H,7,11-12,15,24-27,30H2,1-6H3,(H2-,47,52,54,55,56,57)/p+1. The van der Waals surface area contributed by atoms with E-state index in [1.165, 1.54) is 6.07 Å². The number of nitrogens with zero attached hydrogens (tertiary/aromatic N) is 5. The molecule has 0 fully saturated rings. The normalized spacial score (nSPS) is 16.6. The highest BCUT2D eigenvalue weighted by Gasteiger charge is 2.45. The molecule has 2 aliphatic heterocycles. The van der Waals surface area contributed by atoms with Crippen LogP contribution in [0.2, 0.25) is 0 Å². The molecule has 2 heterocycles. The van der Waals surface area contributed by atoms with E-state index in [0.29, 0.717) is 32.4 Å². The first kappa shape index (κ1) is 45.4. The highest BCUT2D eigenvalue weighted by Crippen LogP contribution is 2.48. The number of aromatic hydroxyl groups is 1. The Hall–Kier alpha value is -5.73. The maximum atomic E-state index is 13.5. The fourth-order valence-electron chi connectivity index (χ4n) is 7.78. The second-order valence-corrected chi connectivity index (χ2v) is 17.3. The minimum absolute atomic E-state index is 0.0113. The summed E-state index contributed by atoms with van der Waals surface area (Å²) in [4.78, 5) is 30.5. The fraction of sp³-hybridized carbons (Fsp3) is 0.400. The number of azide groups is 1. The number of hydrogen-bond acceptors (Lipinski definition) is 9. The number of Topliss-reactive ketones (excluding diaryl/α,β-unsaturated/α-hetero) is 1. The number of likely N-dealkylation sites (N-methyl/N-ethyl adjacent to an activating group) is 1. The number of nitrogens with one attached hydrogen (secondary N) is 1. The molecule has 0 saturated heterocycles. The van der Waals surface area contributed by atoms with Crippen molar-refractivity contribution in [1.82, 2.24) is 5.32 Å². The molecule has 60 heavy (non-hydrogen) atoms. The maximum Gasteiger partial charge on any atom is 0.407 e. The van der Waals surface area contributed by atoms with E-state index in [9.17, 15) is 27.7 Å².